The fourth-order valence-corrected chi connectivity index (χ4v) is 3.41. The van der Waals surface area contributed by atoms with Crippen LogP contribution in [0.25, 0.3) is 0 Å². The van der Waals surface area contributed by atoms with E-state index in [0.29, 0.717) is 0 Å². The minimum absolute atomic E-state index is 0.761. The molecule has 1 saturated carbocycles. The van der Waals surface area contributed by atoms with Crippen molar-refractivity contribution in [3.63, 3.8) is 0 Å². The Balaban J connectivity index is 1.74. The Labute approximate surface area is 111 Å². The third-order valence-electron chi connectivity index (χ3n) is 3.42. The molecule has 0 aliphatic heterocycles. The quantitative estimate of drug-likeness (QED) is 0.835. The number of thiophene rings is 1. The molecule has 90 valence electrons. The topological polar surface area (TPSA) is 12.0 Å². The lowest BCUT2D eigenvalue weighted by atomic mass is 9.92. The average Bonchev–Trinajstić information content (AvgIpc) is 2.99. The first-order chi connectivity index (χ1) is 7.65. The molecule has 1 aliphatic carbocycles. The van der Waals surface area contributed by atoms with Gasteiger partial charge in [-0.1, -0.05) is 13.8 Å². The molecule has 0 radical (unpaired) electrons. The van der Waals surface area contributed by atoms with Crippen LogP contribution in [-0.4, -0.2) is 12.6 Å². The maximum atomic E-state index is 3.62. The molecule has 16 heavy (non-hydrogen) atoms. The highest BCUT2D eigenvalue weighted by Gasteiger charge is 2.22. The second-order valence-electron chi connectivity index (χ2n) is 5.07. The Morgan fingerprint density at radius 3 is 2.75 bits per heavy atom. The number of hydrogen-bond acceptors (Lipinski definition) is 2. The smallest absolute Gasteiger partial charge is 0.0285 e. The van der Waals surface area contributed by atoms with Gasteiger partial charge in [0.15, 0.2) is 0 Å². The Bertz CT molecular complexity index is 332. The van der Waals surface area contributed by atoms with Crippen LogP contribution in [0, 0.1) is 11.8 Å². The molecule has 1 heterocycles. The second kappa shape index (κ2) is 5.65. The van der Waals surface area contributed by atoms with E-state index in [0.717, 1.165) is 17.9 Å². The lowest BCUT2D eigenvalue weighted by Gasteiger charge is -2.19. The van der Waals surface area contributed by atoms with Crippen LogP contribution in [0.5, 0.6) is 0 Å². The zero-order valence-electron chi connectivity index (χ0n) is 10.0. The average molecular weight is 302 g/mol. The van der Waals surface area contributed by atoms with Crippen LogP contribution >= 0.6 is 27.3 Å². The van der Waals surface area contributed by atoms with Gasteiger partial charge in [0.1, 0.15) is 0 Å². The van der Waals surface area contributed by atoms with Crippen molar-refractivity contribution in [3.05, 3.63) is 20.8 Å². The van der Waals surface area contributed by atoms with Crippen molar-refractivity contribution in [3.8, 4) is 0 Å². The summed E-state index contributed by atoms with van der Waals surface area (Å²) in [4.78, 5) is 1.50. The predicted molar refractivity (Wildman–Crippen MR) is 75.1 cm³/mol. The highest BCUT2D eigenvalue weighted by Crippen LogP contribution is 2.25. The Kier molecular flexibility index (Phi) is 4.45. The molecular weight excluding hydrogens is 282 g/mol. The van der Waals surface area contributed by atoms with E-state index >= 15 is 0 Å². The third-order valence-corrected chi connectivity index (χ3v) is 5.14. The van der Waals surface area contributed by atoms with Crippen LogP contribution in [-0.2, 0) is 6.42 Å². The van der Waals surface area contributed by atoms with E-state index in [1.807, 2.05) is 11.3 Å². The van der Waals surface area contributed by atoms with Crippen molar-refractivity contribution in [1.29, 1.82) is 0 Å². The molecule has 1 aromatic rings. The second-order valence-corrected chi connectivity index (χ2v) is 6.98. The van der Waals surface area contributed by atoms with Crippen LogP contribution in [0.4, 0.5) is 0 Å². The molecule has 0 amide bonds. The normalized spacial score (nSPS) is 19.7. The van der Waals surface area contributed by atoms with Crippen molar-refractivity contribution in [1.82, 2.24) is 5.32 Å². The van der Waals surface area contributed by atoms with Crippen molar-refractivity contribution >= 4 is 27.3 Å². The van der Waals surface area contributed by atoms with E-state index in [9.17, 15) is 0 Å². The molecule has 2 atom stereocenters. The van der Waals surface area contributed by atoms with Gasteiger partial charge in [-0.25, -0.2) is 0 Å². The number of rotatable bonds is 6. The molecule has 0 bridgehead atoms. The molecule has 1 nitrogen and oxygen atoms in total. The molecular formula is C13H20BrNS. The van der Waals surface area contributed by atoms with Gasteiger partial charge < -0.3 is 5.32 Å². The zero-order valence-corrected chi connectivity index (χ0v) is 12.4. The highest BCUT2D eigenvalue weighted by atomic mass is 79.9. The van der Waals surface area contributed by atoms with Crippen LogP contribution < -0.4 is 5.32 Å². The first kappa shape index (κ1) is 12.6. The highest BCUT2D eigenvalue weighted by molar-refractivity contribution is 9.10. The van der Waals surface area contributed by atoms with Crippen molar-refractivity contribution < 1.29 is 0 Å². The molecule has 0 spiro atoms. The molecule has 1 aromatic heterocycles. The summed E-state index contributed by atoms with van der Waals surface area (Å²) in [6.45, 7) is 5.91. The SMILES string of the molecule is CC(CNC1CC1)C(C)Cc1cc(Br)cs1. The van der Waals surface area contributed by atoms with Crippen LogP contribution in [0.3, 0.4) is 0 Å². The standard InChI is InChI=1S/C13H20BrNS/c1-9(5-13-6-11(14)8-16-13)10(2)7-15-12-3-4-12/h6,8-10,12,15H,3-5,7H2,1-2H3. The fourth-order valence-electron chi connectivity index (χ4n) is 1.82. The van der Waals surface area contributed by atoms with Gasteiger partial charge in [-0.05, 0) is 59.6 Å². The Hall–Kier alpha value is 0.140. The van der Waals surface area contributed by atoms with Crippen molar-refractivity contribution in [2.24, 2.45) is 11.8 Å². The molecule has 1 N–H and O–H groups in total. The van der Waals surface area contributed by atoms with Gasteiger partial charge >= 0.3 is 0 Å². The lowest BCUT2D eigenvalue weighted by molar-refractivity contribution is 0.366. The van der Waals surface area contributed by atoms with E-state index in [1.54, 1.807) is 0 Å². The van der Waals surface area contributed by atoms with Crippen molar-refractivity contribution in [2.45, 2.75) is 39.2 Å². The van der Waals surface area contributed by atoms with E-state index in [1.165, 1.54) is 35.2 Å². The summed E-state index contributed by atoms with van der Waals surface area (Å²) in [7, 11) is 0. The third kappa shape index (κ3) is 3.86. The van der Waals surface area contributed by atoms with Gasteiger partial charge in [-0.2, -0.15) is 0 Å². The predicted octanol–water partition coefficient (Wildman–Crippen LogP) is 4.08. The summed E-state index contributed by atoms with van der Waals surface area (Å²) in [6.07, 6.45) is 3.99. The maximum absolute atomic E-state index is 3.62. The van der Waals surface area contributed by atoms with Gasteiger partial charge in [-0.15, -0.1) is 11.3 Å². The number of nitrogens with one attached hydrogen (secondary N) is 1. The van der Waals surface area contributed by atoms with Gasteiger partial charge in [0.25, 0.3) is 0 Å². The van der Waals surface area contributed by atoms with Gasteiger partial charge in [0, 0.05) is 20.8 Å². The van der Waals surface area contributed by atoms with Crippen molar-refractivity contribution in [2.75, 3.05) is 6.54 Å². The summed E-state index contributed by atoms with van der Waals surface area (Å²) in [5.41, 5.74) is 0. The molecule has 1 fully saturated rings. The fraction of sp³-hybridized carbons (Fsp3) is 0.692. The minimum Gasteiger partial charge on any atom is -0.314 e. The summed E-state index contributed by atoms with van der Waals surface area (Å²) >= 11 is 5.38. The van der Waals surface area contributed by atoms with E-state index in [-0.39, 0.29) is 0 Å². The summed E-state index contributed by atoms with van der Waals surface area (Å²) < 4.78 is 1.23. The first-order valence-electron chi connectivity index (χ1n) is 6.11. The maximum Gasteiger partial charge on any atom is 0.0285 e. The van der Waals surface area contributed by atoms with E-state index in [4.69, 9.17) is 0 Å². The summed E-state index contributed by atoms with van der Waals surface area (Å²) in [6, 6.07) is 3.09. The molecule has 0 aromatic carbocycles. The molecule has 2 rings (SSSR count). The number of halogens is 1. The van der Waals surface area contributed by atoms with E-state index < -0.39 is 0 Å². The Morgan fingerprint density at radius 1 is 1.44 bits per heavy atom. The van der Waals surface area contributed by atoms with Crippen LogP contribution in [0.2, 0.25) is 0 Å². The molecule has 0 saturated heterocycles. The Morgan fingerprint density at radius 2 is 2.19 bits per heavy atom. The van der Waals surface area contributed by atoms with Crippen LogP contribution in [0.1, 0.15) is 31.6 Å². The van der Waals surface area contributed by atoms with Gasteiger partial charge in [0.05, 0.1) is 0 Å². The van der Waals surface area contributed by atoms with Gasteiger partial charge in [-0.3, -0.25) is 0 Å². The largest absolute Gasteiger partial charge is 0.314 e. The molecule has 3 heteroatoms. The van der Waals surface area contributed by atoms with Crippen LogP contribution in [0.15, 0.2) is 15.9 Å². The first-order valence-corrected chi connectivity index (χ1v) is 7.78. The summed E-state index contributed by atoms with van der Waals surface area (Å²) in [5.74, 6) is 1.53. The number of hydrogen-bond donors (Lipinski definition) is 1. The molecule has 2 unspecified atom stereocenters. The lowest BCUT2D eigenvalue weighted by Crippen LogP contribution is -2.27. The zero-order chi connectivity index (χ0) is 11.5. The minimum atomic E-state index is 0.761. The van der Waals surface area contributed by atoms with Gasteiger partial charge in [0.2, 0.25) is 0 Å². The summed E-state index contributed by atoms with van der Waals surface area (Å²) in [5, 5.41) is 5.80. The molecule has 1 aliphatic rings. The van der Waals surface area contributed by atoms with E-state index in [2.05, 4.69) is 46.5 Å². The monoisotopic (exact) mass is 301 g/mol.